The first-order chi connectivity index (χ1) is 4.61. The monoisotopic (exact) mass is 134 g/mol. The summed E-state index contributed by atoms with van der Waals surface area (Å²) in [7, 11) is 10.2. The quantitative estimate of drug-likeness (QED) is 0.353. The van der Waals surface area contributed by atoms with Gasteiger partial charge in [0.05, 0.1) is 13.1 Å². The zero-order valence-electron chi connectivity index (χ0n) is 5.28. The van der Waals surface area contributed by atoms with E-state index in [1.807, 2.05) is 0 Å². The Hall–Kier alpha value is -0.930. The zero-order valence-corrected chi connectivity index (χ0v) is 5.28. The summed E-state index contributed by atoms with van der Waals surface area (Å²) >= 11 is 0. The van der Waals surface area contributed by atoms with Crippen LogP contribution in [0.4, 0.5) is 0 Å². The molecule has 0 unspecified atom stereocenters. The van der Waals surface area contributed by atoms with Gasteiger partial charge < -0.3 is 9.62 Å². The minimum atomic E-state index is -0.345. The molecule has 4 radical (unpaired) electrons. The minimum absolute atomic E-state index is 0.130. The van der Waals surface area contributed by atoms with Crippen molar-refractivity contribution in [1.82, 2.24) is 9.62 Å². The highest BCUT2D eigenvalue weighted by Crippen LogP contribution is 1.97. The van der Waals surface area contributed by atoms with Crippen molar-refractivity contribution in [3.05, 3.63) is 0 Å². The standard InChI is InChI=1S/C4H4B2N2O2/c5-7-1-3(9)8(6)2-4(7)10/h1-2H2. The van der Waals surface area contributed by atoms with Crippen LogP contribution in [0.3, 0.4) is 0 Å². The van der Waals surface area contributed by atoms with E-state index in [1.54, 1.807) is 0 Å². The second-order valence-electron chi connectivity index (χ2n) is 2.04. The van der Waals surface area contributed by atoms with E-state index in [1.165, 1.54) is 0 Å². The number of carbonyl (C=O) groups is 2. The van der Waals surface area contributed by atoms with E-state index >= 15 is 0 Å². The topological polar surface area (TPSA) is 40.6 Å². The molecule has 1 aliphatic heterocycles. The van der Waals surface area contributed by atoms with Gasteiger partial charge in [0.2, 0.25) is 27.8 Å². The number of hydrogen-bond acceptors (Lipinski definition) is 2. The number of hydrogen-bond donors (Lipinski definition) is 0. The van der Waals surface area contributed by atoms with Crippen LogP contribution in [-0.2, 0) is 9.59 Å². The summed E-state index contributed by atoms with van der Waals surface area (Å²) in [6, 6.07) is 0. The molecule has 48 valence electrons. The van der Waals surface area contributed by atoms with E-state index in [-0.39, 0.29) is 24.9 Å². The summed E-state index contributed by atoms with van der Waals surface area (Å²) in [6.07, 6.45) is 0. The maximum Gasteiger partial charge on any atom is 0.231 e. The zero-order chi connectivity index (χ0) is 7.72. The predicted molar refractivity (Wildman–Crippen MR) is 34.9 cm³/mol. The van der Waals surface area contributed by atoms with Gasteiger partial charge in [0.1, 0.15) is 0 Å². The van der Waals surface area contributed by atoms with Crippen LogP contribution in [0.25, 0.3) is 0 Å². The van der Waals surface area contributed by atoms with Crippen LogP contribution in [-0.4, -0.2) is 50.5 Å². The Labute approximate surface area is 61.0 Å². The molecule has 0 aromatic carbocycles. The Morgan fingerprint density at radius 3 is 1.60 bits per heavy atom. The number of piperazine rings is 1. The highest BCUT2D eigenvalue weighted by Gasteiger charge is 2.22. The molecule has 0 aliphatic carbocycles. The molecule has 4 nitrogen and oxygen atoms in total. The summed E-state index contributed by atoms with van der Waals surface area (Å²) in [5.41, 5.74) is 0. The first kappa shape index (κ1) is 7.18. The van der Waals surface area contributed by atoms with Crippen molar-refractivity contribution in [2.75, 3.05) is 13.1 Å². The fraction of sp³-hybridized carbons (Fsp3) is 0.500. The first-order valence-electron chi connectivity index (χ1n) is 2.71. The van der Waals surface area contributed by atoms with Crippen LogP contribution in [0.5, 0.6) is 0 Å². The lowest BCUT2D eigenvalue weighted by molar-refractivity contribution is -0.141. The Morgan fingerprint density at radius 1 is 1.00 bits per heavy atom. The van der Waals surface area contributed by atoms with Crippen molar-refractivity contribution in [1.29, 1.82) is 0 Å². The van der Waals surface area contributed by atoms with Crippen molar-refractivity contribution in [2.45, 2.75) is 0 Å². The summed E-state index contributed by atoms with van der Waals surface area (Å²) in [5, 5.41) is 0. The Bertz CT molecular complexity index is 164. The molecule has 10 heavy (non-hydrogen) atoms. The fourth-order valence-corrected chi connectivity index (χ4v) is 0.649. The van der Waals surface area contributed by atoms with Gasteiger partial charge in [-0.1, -0.05) is 0 Å². The van der Waals surface area contributed by atoms with Gasteiger partial charge >= 0.3 is 0 Å². The van der Waals surface area contributed by atoms with Crippen molar-refractivity contribution < 1.29 is 9.59 Å². The molecule has 6 heteroatoms. The Kier molecular flexibility index (Phi) is 1.70. The van der Waals surface area contributed by atoms with Gasteiger partial charge in [0.25, 0.3) is 0 Å². The van der Waals surface area contributed by atoms with E-state index in [9.17, 15) is 9.59 Å². The third-order valence-electron chi connectivity index (χ3n) is 1.25. The van der Waals surface area contributed by atoms with Gasteiger partial charge in [0.15, 0.2) is 0 Å². The molecule has 1 saturated heterocycles. The van der Waals surface area contributed by atoms with Crippen molar-refractivity contribution in [3.8, 4) is 0 Å². The molecule has 0 aromatic heterocycles. The molecule has 1 heterocycles. The van der Waals surface area contributed by atoms with Crippen LogP contribution < -0.4 is 0 Å². The number of carbonyl (C=O) groups excluding carboxylic acids is 2. The normalized spacial score (nSPS) is 20.0. The van der Waals surface area contributed by atoms with E-state index < -0.39 is 0 Å². The highest BCUT2D eigenvalue weighted by molar-refractivity contribution is 6.23. The van der Waals surface area contributed by atoms with E-state index in [0.717, 1.165) is 9.62 Å². The number of amides is 2. The first-order valence-corrected chi connectivity index (χ1v) is 2.71. The molecule has 0 spiro atoms. The SMILES string of the molecule is [B]N1CC(=O)N([B])CC1=O. The summed E-state index contributed by atoms with van der Waals surface area (Å²) in [4.78, 5) is 23.1. The molecule has 1 rings (SSSR count). The smallest absolute Gasteiger partial charge is 0.231 e. The number of nitrogens with zero attached hydrogens (tertiary/aromatic N) is 2. The highest BCUT2D eigenvalue weighted by atomic mass is 16.2. The van der Waals surface area contributed by atoms with Gasteiger partial charge in [0, 0.05) is 0 Å². The maximum atomic E-state index is 10.7. The average molecular weight is 134 g/mol. The van der Waals surface area contributed by atoms with Crippen LogP contribution in [0.1, 0.15) is 0 Å². The predicted octanol–water partition coefficient (Wildman–Crippen LogP) is -2.18. The molecular weight excluding hydrogens is 130 g/mol. The van der Waals surface area contributed by atoms with Gasteiger partial charge in [-0.05, 0) is 0 Å². The van der Waals surface area contributed by atoms with Crippen LogP contribution in [0, 0.1) is 0 Å². The van der Waals surface area contributed by atoms with Gasteiger partial charge in [-0.3, -0.25) is 9.59 Å². The molecule has 2 amide bonds. The average Bonchev–Trinajstić information content (AvgIpc) is 1.84. The van der Waals surface area contributed by atoms with Crippen molar-refractivity contribution in [3.63, 3.8) is 0 Å². The van der Waals surface area contributed by atoms with Crippen molar-refractivity contribution >= 4 is 27.8 Å². The minimum Gasteiger partial charge on any atom is -0.387 e. The molecule has 0 N–H and O–H groups in total. The number of rotatable bonds is 0. The van der Waals surface area contributed by atoms with E-state index in [0.29, 0.717) is 0 Å². The van der Waals surface area contributed by atoms with E-state index in [2.05, 4.69) is 0 Å². The second kappa shape index (κ2) is 2.36. The summed E-state index contributed by atoms with van der Waals surface area (Å²) in [5.74, 6) is -0.691. The van der Waals surface area contributed by atoms with Crippen molar-refractivity contribution in [2.24, 2.45) is 0 Å². The van der Waals surface area contributed by atoms with Crippen LogP contribution in [0.2, 0.25) is 0 Å². The molecule has 0 saturated carbocycles. The van der Waals surface area contributed by atoms with Gasteiger partial charge in [-0.25, -0.2) is 0 Å². The summed E-state index contributed by atoms with van der Waals surface area (Å²) in [6.45, 7) is -0.259. The second-order valence-corrected chi connectivity index (χ2v) is 2.04. The maximum absolute atomic E-state index is 10.7. The molecular formula is C4H4B2N2O2. The van der Waals surface area contributed by atoms with Gasteiger partial charge in [-0.15, -0.1) is 0 Å². The molecule has 1 aliphatic rings. The lowest BCUT2D eigenvalue weighted by atomic mass is 10.1. The molecule has 0 bridgehead atoms. The molecule has 0 aromatic rings. The van der Waals surface area contributed by atoms with E-state index in [4.69, 9.17) is 16.0 Å². The third kappa shape index (κ3) is 1.15. The Balaban J connectivity index is 2.63. The molecule has 0 atom stereocenters. The fourth-order valence-electron chi connectivity index (χ4n) is 0.649. The largest absolute Gasteiger partial charge is 0.387 e. The third-order valence-corrected chi connectivity index (χ3v) is 1.25. The Morgan fingerprint density at radius 2 is 1.30 bits per heavy atom. The van der Waals surface area contributed by atoms with Gasteiger partial charge in [-0.2, -0.15) is 0 Å². The summed E-state index contributed by atoms with van der Waals surface area (Å²) < 4.78 is 0. The van der Waals surface area contributed by atoms with Crippen LogP contribution in [0.15, 0.2) is 0 Å². The van der Waals surface area contributed by atoms with Crippen LogP contribution >= 0.6 is 0 Å². The lowest BCUT2D eigenvalue weighted by Crippen LogP contribution is -2.51. The molecule has 1 fully saturated rings. The lowest BCUT2D eigenvalue weighted by Gasteiger charge is -2.29.